The van der Waals surface area contributed by atoms with Gasteiger partial charge in [0.1, 0.15) is 11.5 Å². The molecule has 7 heteroatoms. The van der Waals surface area contributed by atoms with Gasteiger partial charge in [-0.15, -0.1) is 0 Å². The monoisotopic (exact) mass is 1010 g/mol. The van der Waals surface area contributed by atoms with Crippen molar-refractivity contribution < 1.29 is 4.74 Å². The standard InChI is InChI=1S/C48H38Br4OS2/c49-27-23-37-33-15-7-9-17-35(33)41(25-29-51)45-39(37)19-21-43(54-31-11-3-1-4-12-31)47(45)53-48-44(55-32-13-5-2-6-14-32)22-20-40-38(24-28-50)34-16-8-10-18-36(34)42(26-30-52)46(40)48/h1-22H,23-30H2. The van der Waals surface area contributed by atoms with Crippen molar-refractivity contribution in [3.8, 4) is 11.5 Å². The van der Waals surface area contributed by atoms with Crippen LogP contribution in [0.15, 0.2) is 153 Å². The predicted molar refractivity (Wildman–Crippen MR) is 254 cm³/mol. The maximum Gasteiger partial charge on any atom is 0.149 e. The van der Waals surface area contributed by atoms with Gasteiger partial charge in [-0.2, -0.15) is 0 Å². The molecule has 0 N–H and O–H groups in total. The fraction of sp³-hybridized carbons (Fsp3) is 0.167. The van der Waals surface area contributed by atoms with E-state index in [9.17, 15) is 0 Å². The number of benzene rings is 8. The number of alkyl halides is 4. The van der Waals surface area contributed by atoms with E-state index in [2.05, 4.69) is 197 Å². The number of aryl methyl sites for hydroxylation is 4. The largest absolute Gasteiger partial charge is 0.454 e. The number of halogens is 4. The molecule has 0 unspecified atom stereocenters. The summed E-state index contributed by atoms with van der Waals surface area (Å²) < 4.78 is 7.85. The summed E-state index contributed by atoms with van der Waals surface area (Å²) in [6, 6.07) is 48.5. The molecule has 0 atom stereocenters. The van der Waals surface area contributed by atoms with Gasteiger partial charge >= 0.3 is 0 Å². The summed E-state index contributed by atoms with van der Waals surface area (Å²) in [5.41, 5.74) is 5.33. The SMILES string of the molecule is BrCCc1c2ccccc2c(CCBr)c2c(Oc3c(Sc4ccccc4)ccc4c(CCBr)c5ccccc5c(CCBr)c34)c(Sc3ccccc3)ccc12. The molecule has 0 aromatic heterocycles. The van der Waals surface area contributed by atoms with Crippen molar-refractivity contribution >= 4 is 130 Å². The second kappa shape index (κ2) is 18.2. The van der Waals surface area contributed by atoms with Crippen LogP contribution in [0.2, 0.25) is 0 Å². The van der Waals surface area contributed by atoms with Crippen molar-refractivity contribution in [3.05, 3.63) is 156 Å². The molecule has 8 aromatic carbocycles. The van der Waals surface area contributed by atoms with Gasteiger partial charge in [-0.05, 0) is 117 Å². The van der Waals surface area contributed by atoms with Crippen molar-refractivity contribution in [3.63, 3.8) is 0 Å². The zero-order chi connectivity index (χ0) is 37.7. The van der Waals surface area contributed by atoms with Gasteiger partial charge in [-0.1, -0.05) is 184 Å². The fourth-order valence-electron chi connectivity index (χ4n) is 7.94. The second-order valence-electron chi connectivity index (χ2n) is 13.3. The van der Waals surface area contributed by atoms with Crippen molar-refractivity contribution in [2.45, 2.75) is 45.3 Å². The molecule has 0 heterocycles. The molecule has 0 spiro atoms. The Bertz CT molecular complexity index is 2450. The Morgan fingerprint density at radius 3 is 1.04 bits per heavy atom. The van der Waals surface area contributed by atoms with E-state index in [1.54, 1.807) is 23.5 Å². The zero-order valence-corrected chi connectivity index (χ0v) is 38.1. The van der Waals surface area contributed by atoms with Crippen LogP contribution < -0.4 is 4.74 Å². The first-order chi connectivity index (χ1) is 27.1. The van der Waals surface area contributed by atoms with Crippen LogP contribution in [-0.4, -0.2) is 21.3 Å². The minimum absolute atomic E-state index is 0.847. The van der Waals surface area contributed by atoms with Gasteiger partial charge in [-0.3, -0.25) is 0 Å². The number of hydrogen-bond acceptors (Lipinski definition) is 3. The van der Waals surface area contributed by atoms with Gasteiger partial charge in [-0.25, -0.2) is 0 Å². The van der Waals surface area contributed by atoms with Gasteiger partial charge < -0.3 is 4.74 Å². The van der Waals surface area contributed by atoms with Crippen molar-refractivity contribution in [2.75, 3.05) is 21.3 Å². The molecular weight excluding hydrogens is 976 g/mol. The Labute approximate surface area is 365 Å². The van der Waals surface area contributed by atoms with Crippen LogP contribution in [0.4, 0.5) is 0 Å². The third-order valence-electron chi connectivity index (χ3n) is 10.2. The molecule has 0 aliphatic heterocycles. The highest BCUT2D eigenvalue weighted by Gasteiger charge is 2.25. The summed E-state index contributed by atoms with van der Waals surface area (Å²) in [5, 5.41) is 13.6. The van der Waals surface area contributed by atoms with E-state index in [0.29, 0.717) is 0 Å². The van der Waals surface area contributed by atoms with Crippen LogP contribution in [-0.2, 0) is 25.7 Å². The second-order valence-corrected chi connectivity index (χ2v) is 18.7. The first-order valence-electron chi connectivity index (χ1n) is 18.5. The molecule has 0 bridgehead atoms. The van der Waals surface area contributed by atoms with Crippen molar-refractivity contribution in [2.24, 2.45) is 0 Å². The first-order valence-corrected chi connectivity index (χ1v) is 24.6. The molecule has 0 saturated carbocycles. The van der Waals surface area contributed by atoms with Crippen LogP contribution in [0, 0.1) is 0 Å². The Hall–Kier alpha value is -2.78. The van der Waals surface area contributed by atoms with E-state index >= 15 is 0 Å². The van der Waals surface area contributed by atoms with Crippen LogP contribution in [0.25, 0.3) is 43.1 Å². The lowest BCUT2D eigenvalue weighted by Crippen LogP contribution is -2.03. The normalized spacial score (nSPS) is 11.6. The Kier molecular flexibility index (Phi) is 12.9. The van der Waals surface area contributed by atoms with Crippen molar-refractivity contribution in [1.82, 2.24) is 0 Å². The van der Waals surface area contributed by atoms with Gasteiger partial charge in [0, 0.05) is 41.9 Å². The lowest BCUT2D eigenvalue weighted by molar-refractivity contribution is 0.471. The predicted octanol–water partition coefficient (Wildman–Crippen LogP) is 16.1. The number of fused-ring (bicyclic) bond motifs is 4. The Morgan fingerprint density at radius 1 is 0.345 bits per heavy atom. The molecule has 0 fully saturated rings. The molecule has 0 radical (unpaired) electrons. The maximum atomic E-state index is 7.85. The third kappa shape index (κ3) is 7.91. The average Bonchev–Trinajstić information content (AvgIpc) is 3.22. The van der Waals surface area contributed by atoms with Gasteiger partial charge in [0.15, 0.2) is 0 Å². The van der Waals surface area contributed by atoms with Gasteiger partial charge in [0.2, 0.25) is 0 Å². The van der Waals surface area contributed by atoms with E-state index in [-0.39, 0.29) is 0 Å². The van der Waals surface area contributed by atoms with Crippen molar-refractivity contribution in [1.29, 1.82) is 0 Å². The Morgan fingerprint density at radius 2 is 0.673 bits per heavy atom. The Balaban J connectivity index is 1.52. The molecule has 0 aliphatic carbocycles. The minimum atomic E-state index is 0.847. The number of ether oxygens (including phenoxy) is 1. The highest BCUT2D eigenvalue weighted by molar-refractivity contribution is 9.09. The summed E-state index contributed by atoms with van der Waals surface area (Å²) in [7, 11) is 0. The topological polar surface area (TPSA) is 9.23 Å². The van der Waals surface area contributed by atoms with Crippen LogP contribution in [0.1, 0.15) is 22.3 Å². The van der Waals surface area contributed by atoms with E-state index in [4.69, 9.17) is 4.74 Å². The summed E-state index contributed by atoms with van der Waals surface area (Å²) >= 11 is 18.9. The molecule has 8 aromatic rings. The average molecular weight is 1010 g/mol. The summed E-state index contributed by atoms with van der Waals surface area (Å²) in [6.45, 7) is 0. The van der Waals surface area contributed by atoms with Gasteiger partial charge in [0.25, 0.3) is 0 Å². The van der Waals surface area contributed by atoms with E-state index in [1.807, 2.05) is 0 Å². The highest BCUT2D eigenvalue weighted by atomic mass is 79.9. The molecule has 0 aliphatic rings. The van der Waals surface area contributed by atoms with Crippen LogP contribution >= 0.6 is 87.2 Å². The summed E-state index contributed by atoms with van der Waals surface area (Å²) in [5.74, 6) is 1.84. The summed E-state index contributed by atoms with van der Waals surface area (Å²) in [4.78, 5) is 4.56. The quantitative estimate of drug-likeness (QED) is 0.0794. The highest BCUT2D eigenvalue weighted by Crippen LogP contribution is 2.52. The molecule has 55 heavy (non-hydrogen) atoms. The summed E-state index contributed by atoms with van der Waals surface area (Å²) in [6.07, 6.45) is 3.57. The lowest BCUT2D eigenvalue weighted by Gasteiger charge is -2.24. The molecule has 0 amide bonds. The van der Waals surface area contributed by atoms with Crippen LogP contribution in [0.5, 0.6) is 11.5 Å². The third-order valence-corrected chi connectivity index (χ3v) is 13.9. The van der Waals surface area contributed by atoms with Crippen LogP contribution in [0.3, 0.4) is 0 Å². The molecular formula is C48H38Br4OS2. The fourth-order valence-corrected chi connectivity index (χ4v) is 11.4. The number of rotatable bonds is 14. The lowest BCUT2D eigenvalue weighted by atomic mass is 9.88. The number of hydrogen-bond donors (Lipinski definition) is 0. The van der Waals surface area contributed by atoms with Gasteiger partial charge in [0.05, 0.1) is 9.79 Å². The first kappa shape index (κ1) is 39.1. The van der Waals surface area contributed by atoms with E-state index in [1.165, 1.54) is 75.1 Å². The molecule has 276 valence electrons. The maximum absolute atomic E-state index is 7.85. The zero-order valence-electron chi connectivity index (χ0n) is 30.1. The van der Waals surface area contributed by atoms with E-state index in [0.717, 1.165) is 68.3 Å². The molecule has 1 nitrogen and oxygen atoms in total. The smallest absolute Gasteiger partial charge is 0.149 e. The molecule has 0 saturated heterocycles. The minimum Gasteiger partial charge on any atom is -0.454 e. The van der Waals surface area contributed by atoms with E-state index < -0.39 is 0 Å². The molecule has 8 rings (SSSR count).